The van der Waals surface area contributed by atoms with Crippen LogP contribution in [0.25, 0.3) is 0 Å². The number of rotatable bonds is 4. The molecule has 1 saturated carbocycles. The molecule has 4 N–H and O–H groups in total. The van der Waals surface area contributed by atoms with Crippen LogP contribution in [0.5, 0.6) is 0 Å². The largest absolute Gasteiger partial charge is 0.396 e. The highest BCUT2D eigenvalue weighted by molar-refractivity contribution is 7.19. The molecule has 1 fully saturated rings. The minimum Gasteiger partial charge on any atom is -0.396 e. The van der Waals surface area contributed by atoms with Gasteiger partial charge in [0, 0.05) is 11.7 Å². The Morgan fingerprint density at radius 3 is 2.48 bits per heavy atom. The number of carbonyl (C=O) groups excluding carboxylic acids is 1. The Bertz CT molecular complexity index is 837. The number of carbonyl (C=O) groups is 1. The van der Waals surface area contributed by atoms with E-state index in [1.807, 2.05) is 6.07 Å². The molecular weight excluding hydrogens is 310 g/mol. The summed E-state index contributed by atoms with van der Waals surface area (Å²) in [5.74, 6) is -0.363. The summed E-state index contributed by atoms with van der Waals surface area (Å²) in [6, 6.07) is 11.0. The average Bonchev–Trinajstić information content (AvgIpc) is 3.31. The van der Waals surface area contributed by atoms with Crippen molar-refractivity contribution in [3.63, 3.8) is 0 Å². The van der Waals surface area contributed by atoms with Crippen LogP contribution in [0.3, 0.4) is 0 Å². The van der Waals surface area contributed by atoms with Crippen LogP contribution >= 0.6 is 11.3 Å². The van der Waals surface area contributed by atoms with Gasteiger partial charge in [-0.1, -0.05) is 0 Å². The molecule has 1 aliphatic rings. The fourth-order valence-corrected chi connectivity index (χ4v) is 3.10. The highest BCUT2D eigenvalue weighted by atomic mass is 32.1. The molecule has 1 aliphatic carbocycles. The number of nitriles is 2. The third-order valence-electron chi connectivity index (χ3n) is 3.45. The van der Waals surface area contributed by atoms with Crippen molar-refractivity contribution in [2.24, 2.45) is 0 Å². The molecule has 6 nitrogen and oxygen atoms in total. The van der Waals surface area contributed by atoms with E-state index in [-0.39, 0.29) is 11.6 Å². The lowest BCUT2D eigenvalue weighted by molar-refractivity contribution is 0.103. The first-order chi connectivity index (χ1) is 11.1. The Kier molecular flexibility index (Phi) is 3.88. The minimum atomic E-state index is -0.363. The van der Waals surface area contributed by atoms with Crippen LogP contribution in [0.4, 0.5) is 16.4 Å². The number of nitrogens with zero attached hydrogens (tertiary/aromatic N) is 2. The SMILES string of the molecule is N#Cc1ccc(NC(=O)c2sc(NC3CC3)c(C#N)c2N)cc1. The zero-order chi connectivity index (χ0) is 16.4. The van der Waals surface area contributed by atoms with Crippen molar-refractivity contribution in [3.8, 4) is 12.1 Å². The van der Waals surface area contributed by atoms with E-state index in [9.17, 15) is 10.1 Å². The van der Waals surface area contributed by atoms with Crippen molar-refractivity contribution in [2.75, 3.05) is 16.4 Å². The van der Waals surface area contributed by atoms with E-state index in [0.717, 1.165) is 12.8 Å². The van der Waals surface area contributed by atoms with Gasteiger partial charge in [-0.25, -0.2) is 0 Å². The summed E-state index contributed by atoms with van der Waals surface area (Å²) in [6.45, 7) is 0. The normalized spacial score (nSPS) is 13.0. The lowest BCUT2D eigenvalue weighted by Crippen LogP contribution is -2.12. The number of anilines is 3. The van der Waals surface area contributed by atoms with Crippen molar-refractivity contribution in [3.05, 3.63) is 40.3 Å². The molecule has 0 saturated heterocycles. The summed E-state index contributed by atoms with van der Waals surface area (Å²) < 4.78 is 0. The highest BCUT2D eigenvalue weighted by Crippen LogP contribution is 2.38. The van der Waals surface area contributed by atoms with Crippen LogP contribution in [0, 0.1) is 22.7 Å². The molecule has 114 valence electrons. The molecule has 1 heterocycles. The second-order valence-electron chi connectivity index (χ2n) is 5.22. The van der Waals surface area contributed by atoms with Crippen molar-refractivity contribution in [1.29, 1.82) is 10.5 Å². The van der Waals surface area contributed by atoms with E-state index in [2.05, 4.69) is 16.7 Å². The van der Waals surface area contributed by atoms with Gasteiger partial charge in [-0.3, -0.25) is 4.79 Å². The first kappa shape index (κ1) is 14.9. The van der Waals surface area contributed by atoms with Crippen molar-refractivity contribution in [1.82, 2.24) is 0 Å². The Balaban J connectivity index is 1.82. The summed E-state index contributed by atoms with van der Waals surface area (Å²) in [5, 5.41) is 24.6. The van der Waals surface area contributed by atoms with Crippen LogP contribution in [0.15, 0.2) is 24.3 Å². The van der Waals surface area contributed by atoms with Gasteiger partial charge in [0.2, 0.25) is 0 Å². The van der Waals surface area contributed by atoms with Crippen LogP contribution in [-0.2, 0) is 0 Å². The van der Waals surface area contributed by atoms with Crippen LogP contribution in [0.2, 0.25) is 0 Å². The molecule has 1 amide bonds. The Morgan fingerprint density at radius 2 is 1.91 bits per heavy atom. The maximum absolute atomic E-state index is 12.4. The van der Waals surface area contributed by atoms with Crippen molar-refractivity contribution < 1.29 is 4.79 Å². The molecule has 0 unspecified atom stereocenters. The van der Waals surface area contributed by atoms with Gasteiger partial charge in [-0.05, 0) is 37.1 Å². The maximum Gasteiger partial charge on any atom is 0.267 e. The number of nitrogens with one attached hydrogen (secondary N) is 2. The lowest BCUT2D eigenvalue weighted by Gasteiger charge is -2.04. The topological polar surface area (TPSA) is 115 Å². The quantitative estimate of drug-likeness (QED) is 0.800. The van der Waals surface area contributed by atoms with Gasteiger partial charge in [-0.2, -0.15) is 10.5 Å². The molecular formula is C16H13N5OS. The predicted molar refractivity (Wildman–Crippen MR) is 89.2 cm³/mol. The van der Waals surface area contributed by atoms with Gasteiger partial charge in [0.25, 0.3) is 5.91 Å². The van der Waals surface area contributed by atoms with E-state index < -0.39 is 0 Å². The third-order valence-corrected chi connectivity index (χ3v) is 4.58. The molecule has 0 spiro atoms. The number of benzene rings is 1. The first-order valence-electron chi connectivity index (χ1n) is 7.02. The van der Waals surface area contributed by atoms with Crippen LogP contribution in [0.1, 0.15) is 33.6 Å². The van der Waals surface area contributed by atoms with Gasteiger partial charge in [-0.15, -0.1) is 11.3 Å². The highest BCUT2D eigenvalue weighted by Gasteiger charge is 2.26. The van der Waals surface area contributed by atoms with Gasteiger partial charge in [0.15, 0.2) is 0 Å². The molecule has 1 aromatic carbocycles. The van der Waals surface area contributed by atoms with Gasteiger partial charge in [0.1, 0.15) is 21.5 Å². The van der Waals surface area contributed by atoms with Crippen LogP contribution in [-0.4, -0.2) is 11.9 Å². The smallest absolute Gasteiger partial charge is 0.267 e. The molecule has 3 rings (SSSR count). The van der Waals surface area contributed by atoms with E-state index in [1.54, 1.807) is 24.3 Å². The summed E-state index contributed by atoms with van der Waals surface area (Å²) in [7, 11) is 0. The van der Waals surface area contributed by atoms with Gasteiger partial charge in [0.05, 0.1) is 17.3 Å². The van der Waals surface area contributed by atoms with Crippen molar-refractivity contribution in [2.45, 2.75) is 18.9 Å². The molecule has 0 radical (unpaired) electrons. The number of amides is 1. The predicted octanol–water partition coefficient (Wildman–Crippen LogP) is 2.90. The second kappa shape index (κ2) is 5.99. The van der Waals surface area contributed by atoms with Gasteiger partial charge >= 0.3 is 0 Å². The van der Waals surface area contributed by atoms with E-state index in [0.29, 0.717) is 32.7 Å². The average molecular weight is 323 g/mol. The van der Waals surface area contributed by atoms with E-state index >= 15 is 0 Å². The molecule has 1 aromatic heterocycles. The fraction of sp³-hybridized carbons (Fsp3) is 0.188. The number of thiophene rings is 1. The number of hydrogen-bond donors (Lipinski definition) is 3. The van der Waals surface area contributed by atoms with Crippen molar-refractivity contribution >= 4 is 33.6 Å². The second-order valence-corrected chi connectivity index (χ2v) is 6.24. The maximum atomic E-state index is 12.4. The van der Waals surface area contributed by atoms with Crippen LogP contribution < -0.4 is 16.4 Å². The molecule has 23 heavy (non-hydrogen) atoms. The van der Waals surface area contributed by atoms with E-state index in [4.69, 9.17) is 11.0 Å². The fourth-order valence-electron chi connectivity index (χ4n) is 2.05. The molecule has 0 bridgehead atoms. The van der Waals surface area contributed by atoms with E-state index in [1.165, 1.54) is 11.3 Å². The number of hydrogen-bond acceptors (Lipinski definition) is 6. The number of nitrogens with two attached hydrogens (primary N) is 1. The molecule has 0 aliphatic heterocycles. The minimum absolute atomic E-state index is 0.201. The monoisotopic (exact) mass is 323 g/mol. The molecule has 7 heteroatoms. The first-order valence-corrected chi connectivity index (χ1v) is 7.84. The molecule has 0 atom stereocenters. The Labute approximate surface area is 137 Å². The lowest BCUT2D eigenvalue weighted by atomic mass is 10.2. The summed E-state index contributed by atoms with van der Waals surface area (Å²) >= 11 is 1.19. The summed E-state index contributed by atoms with van der Waals surface area (Å²) in [4.78, 5) is 12.7. The zero-order valence-corrected chi connectivity index (χ0v) is 12.9. The Morgan fingerprint density at radius 1 is 1.22 bits per heavy atom. The Hall–Kier alpha value is -3.03. The summed E-state index contributed by atoms with van der Waals surface area (Å²) in [5.41, 5.74) is 7.56. The third kappa shape index (κ3) is 3.10. The number of nitrogen functional groups attached to an aromatic ring is 1. The molecule has 2 aromatic rings. The zero-order valence-electron chi connectivity index (χ0n) is 12.1. The standard InChI is InChI=1S/C16H13N5OS/c17-7-9-1-3-10(4-2-9)20-15(22)14-13(19)12(8-18)16(23-14)21-11-5-6-11/h1-4,11,21H,5-6,19H2,(H,20,22). The summed E-state index contributed by atoms with van der Waals surface area (Å²) in [6.07, 6.45) is 2.13. The van der Waals surface area contributed by atoms with Gasteiger partial charge < -0.3 is 16.4 Å².